The molecule has 2 aromatic heterocycles. The molecule has 7 rings (SSSR count). The van der Waals surface area contributed by atoms with Crippen LogP contribution in [0.15, 0.2) is 58.6 Å². The first kappa shape index (κ1) is 39.6. The summed E-state index contributed by atoms with van der Waals surface area (Å²) in [6.45, 7) is 6.41. The van der Waals surface area contributed by atoms with Gasteiger partial charge in [-0.2, -0.15) is 4.98 Å². The lowest BCUT2D eigenvalue weighted by molar-refractivity contribution is -0.112. The molecule has 1 unspecified atom stereocenters. The molecule has 302 valence electrons. The third-order valence-corrected chi connectivity index (χ3v) is 10.6. The molecular weight excluding hydrogens is 754 g/mol. The first-order valence-electron chi connectivity index (χ1n) is 18.5. The predicted octanol–water partition coefficient (Wildman–Crippen LogP) is 4.93. The molecule has 1 fully saturated rings. The zero-order valence-electron chi connectivity index (χ0n) is 32.8. The summed E-state index contributed by atoms with van der Waals surface area (Å²) in [6, 6.07) is 9.98. The minimum Gasteiger partial charge on any atom is -0.493 e. The van der Waals surface area contributed by atoms with E-state index in [9.17, 15) is 19.5 Å². The van der Waals surface area contributed by atoms with Crippen molar-refractivity contribution in [2.45, 2.75) is 39.8 Å². The van der Waals surface area contributed by atoms with Gasteiger partial charge < -0.3 is 34.5 Å². The van der Waals surface area contributed by atoms with E-state index in [0.717, 1.165) is 23.4 Å². The number of ether oxygens (including phenoxy) is 3. The van der Waals surface area contributed by atoms with Crippen LogP contribution in [-0.4, -0.2) is 95.8 Å². The molecule has 17 heteroatoms. The van der Waals surface area contributed by atoms with Gasteiger partial charge in [-0.1, -0.05) is 11.6 Å². The Hall–Kier alpha value is -6.62. The third kappa shape index (κ3) is 7.01. The fraction of sp³-hybridized carbons (Fsp3) is 0.317. The number of aromatic carboxylic acids is 1. The first-order chi connectivity index (χ1) is 27.8. The number of hydrogen-bond acceptors (Lipinski definition) is 12. The van der Waals surface area contributed by atoms with Crippen LogP contribution in [0.4, 0.5) is 31.9 Å². The van der Waals surface area contributed by atoms with E-state index in [0.29, 0.717) is 47.0 Å². The number of aliphatic imine (C=N–C) groups is 1. The van der Waals surface area contributed by atoms with Crippen LogP contribution >= 0.6 is 0 Å². The maximum Gasteiger partial charge on any atom is 0.341 e. The second-order valence-electron chi connectivity index (χ2n) is 14.1. The molecule has 3 aromatic carbocycles. The van der Waals surface area contributed by atoms with Crippen molar-refractivity contribution < 1.29 is 37.7 Å². The Kier molecular flexibility index (Phi) is 10.7. The minimum absolute atomic E-state index is 0.00592. The van der Waals surface area contributed by atoms with Gasteiger partial charge in [0.25, 0.3) is 11.9 Å². The number of benzene rings is 3. The van der Waals surface area contributed by atoms with Crippen molar-refractivity contribution in [2.75, 3.05) is 63.2 Å². The summed E-state index contributed by atoms with van der Waals surface area (Å²) in [7, 11) is 4.59. The van der Waals surface area contributed by atoms with Gasteiger partial charge in [0.2, 0.25) is 11.2 Å². The maximum absolute atomic E-state index is 16.2. The van der Waals surface area contributed by atoms with Crippen molar-refractivity contribution >= 4 is 51.6 Å². The lowest BCUT2D eigenvalue weighted by Crippen LogP contribution is -2.56. The highest BCUT2D eigenvalue weighted by Crippen LogP contribution is 2.39. The second kappa shape index (κ2) is 15.7. The number of nitrogens with zero attached hydrogens (tertiary/aromatic N) is 7. The predicted molar refractivity (Wildman–Crippen MR) is 214 cm³/mol. The number of hydrogen-bond donors (Lipinski definition) is 2. The molecule has 4 heterocycles. The summed E-state index contributed by atoms with van der Waals surface area (Å²) in [4.78, 5) is 57.6. The quantitative estimate of drug-likeness (QED) is 0.185. The number of fused-ring (bicyclic) bond motifs is 2. The van der Waals surface area contributed by atoms with Crippen LogP contribution in [0.25, 0.3) is 10.9 Å². The fourth-order valence-electron chi connectivity index (χ4n) is 7.58. The van der Waals surface area contributed by atoms with Crippen molar-refractivity contribution in [3.05, 3.63) is 98.5 Å². The van der Waals surface area contributed by atoms with Gasteiger partial charge in [-0.15, -0.1) is 0 Å². The topological polar surface area (TPSA) is 178 Å². The van der Waals surface area contributed by atoms with E-state index in [1.54, 1.807) is 18.0 Å². The van der Waals surface area contributed by atoms with Gasteiger partial charge in [-0.05, 0) is 50.6 Å². The van der Waals surface area contributed by atoms with Crippen molar-refractivity contribution in [3.8, 4) is 17.2 Å². The Balaban J connectivity index is 1.12. The molecule has 15 nitrogen and oxygen atoms in total. The zero-order chi connectivity index (χ0) is 41.6. The highest BCUT2D eigenvalue weighted by molar-refractivity contribution is 6.54. The lowest BCUT2D eigenvalue weighted by atomic mass is 10.1. The Morgan fingerprint density at radius 3 is 2.40 bits per heavy atom. The van der Waals surface area contributed by atoms with Crippen LogP contribution in [-0.2, 0) is 17.8 Å². The number of pyridine rings is 1. The highest BCUT2D eigenvalue weighted by atomic mass is 19.1. The van der Waals surface area contributed by atoms with E-state index >= 15 is 8.78 Å². The van der Waals surface area contributed by atoms with Gasteiger partial charge in [0.15, 0.2) is 23.1 Å². The van der Waals surface area contributed by atoms with Gasteiger partial charge in [0, 0.05) is 68.2 Å². The van der Waals surface area contributed by atoms with E-state index in [1.807, 2.05) is 49.1 Å². The summed E-state index contributed by atoms with van der Waals surface area (Å²) in [6.07, 6.45) is 3.01. The van der Waals surface area contributed by atoms with Crippen LogP contribution < -0.4 is 35.2 Å². The number of anilines is 3. The van der Waals surface area contributed by atoms with Gasteiger partial charge in [-0.3, -0.25) is 19.4 Å². The number of nitrogen functional groups attached to an aromatic ring is 1. The Morgan fingerprint density at radius 2 is 1.78 bits per heavy atom. The molecule has 2 aliphatic rings. The third-order valence-electron chi connectivity index (χ3n) is 10.6. The number of piperazine rings is 1. The van der Waals surface area contributed by atoms with Gasteiger partial charge >= 0.3 is 5.97 Å². The molecule has 0 radical (unpaired) electrons. The largest absolute Gasteiger partial charge is 0.493 e. The van der Waals surface area contributed by atoms with Crippen molar-refractivity contribution in [1.29, 1.82) is 0 Å². The number of carboxylic acids is 1. The average molecular weight is 797 g/mol. The van der Waals surface area contributed by atoms with Crippen molar-refractivity contribution in [3.63, 3.8) is 0 Å². The number of aromatic nitrogens is 3. The second-order valence-corrected chi connectivity index (χ2v) is 14.1. The minimum atomic E-state index is -1.50. The van der Waals surface area contributed by atoms with Crippen LogP contribution in [0.3, 0.4) is 0 Å². The number of carbonyl (C=O) groups excluding carboxylic acids is 1. The molecule has 1 atom stereocenters. The highest BCUT2D eigenvalue weighted by Gasteiger charge is 2.38. The van der Waals surface area contributed by atoms with Crippen molar-refractivity contribution in [1.82, 2.24) is 19.4 Å². The molecule has 0 bridgehead atoms. The maximum atomic E-state index is 16.2. The number of rotatable bonds is 11. The molecule has 3 N–H and O–H groups in total. The summed E-state index contributed by atoms with van der Waals surface area (Å²) in [5, 5.41) is 9.12. The average Bonchev–Trinajstić information content (AvgIpc) is 3.44. The van der Waals surface area contributed by atoms with E-state index in [4.69, 9.17) is 19.9 Å². The molecule has 5 aromatic rings. The smallest absolute Gasteiger partial charge is 0.341 e. The molecule has 0 spiro atoms. The van der Waals surface area contributed by atoms with E-state index < -0.39 is 39.7 Å². The Morgan fingerprint density at radius 1 is 1.05 bits per heavy atom. The molecule has 2 aliphatic heterocycles. The van der Waals surface area contributed by atoms with Crippen molar-refractivity contribution in [2.24, 2.45) is 4.99 Å². The zero-order valence-corrected chi connectivity index (χ0v) is 32.8. The number of methoxy groups -OCH3 is 3. The SMILES string of the molecule is CCn1cc(C(=O)O)c(=O)c2c(F)c(N3CCN(CN4C(=O)/C(=N\c5ncc(Cc6cc(OC)c(OC)c(OC)c6)c(N)n5)c5cc(C)ccc54)C(C)C3)c(F)cc21. The van der Waals surface area contributed by atoms with Crippen LogP contribution in [0.2, 0.25) is 0 Å². The summed E-state index contributed by atoms with van der Waals surface area (Å²) in [5.74, 6) is -2.23. The molecule has 1 saturated heterocycles. The Labute approximate surface area is 331 Å². The van der Waals surface area contributed by atoms with Crippen LogP contribution in [0.1, 0.15) is 46.5 Å². The van der Waals surface area contributed by atoms with E-state index in [1.165, 1.54) is 30.8 Å². The number of nitrogens with two attached hydrogens (primary N) is 1. The monoisotopic (exact) mass is 796 g/mol. The normalized spacial score (nSPS) is 16.3. The number of carboxylic acid groups (broad SMARTS) is 1. The molecular formula is C41H42F2N8O7. The fourth-order valence-corrected chi connectivity index (χ4v) is 7.58. The van der Waals surface area contributed by atoms with Gasteiger partial charge in [-0.25, -0.2) is 23.6 Å². The molecule has 58 heavy (non-hydrogen) atoms. The standard InChI is InChI=1S/C41H42F2N8O7/c1-7-48-19-26(40(54)55)36(52)32-29(48)16-27(42)35(33(32)43)49-10-11-50(22(3)18-49)20-51-28-9-8-21(2)12-25(28)34(39(51)53)46-41-45-17-24(38(44)47-41)13-23-14-30(56-4)37(58-6)31(15-23)57-5/h8-9,12,14-17,19,22H,7,10-11,13,18,20H2,1-6H3,(H,54,55)(H2,44,45,47)/b46-34-. The van der Waals surface area contributed by atoms with Crippen LogP contribution in [0.5, 0.6) is 17.2 Å². The number of aryl methyl sites for hydroxylation is 2. The lowest BCUT2D eigenvalue weighted by Gasteiger charge is -2.42. The van der Waals surface area contributed by atoms with Crippen LogP contribution in [0, 0.1) is 18.6 Å². The Bertz CT molecular complexity index is 2550. The molecule has 0 saturated carbocycles. The van der Waals surface area contributed by atoms with Gasteiger partial charge in [0.1, 0.15) is 22.8 Å². The van der Waals surface area contributed by atoms with Gasteiger partial charge in [0.05, 0.1) is 44.6 Å². The van der Waals surface area contributed by atoms with E-state index in [2.05, 4.69) is 15.0 Å². The molecule has 0 aliphatic carbocycles. The molecule has 1 amide bonds. The number of carbonyl (C=O) groups is 2. The van der Waals surface area contributed by atoms with E-state index in [-0.39, 0.29) is 61.2 Å². The summed E-state index contributed by atoms with van der Waals surface area (Å²) >= 11 is 0. The number of amides is 1. The summed E-state index contributed by atoms with van der Waals surface area (Å²) < 4.78 is 49.6. The number of halogens is 2. The first-order valence-corrected chi connectivity index (χ1v) is 18.5. The summed E-state index contributed by atoms with van der Waals surface area (Å²) in [5.41, 5.74) is 8.06.